The second-order valence-electron chi connectivity index (χ2n) is 4.73. The van der Waals surface area contributed by atoms with Crippen LogP contribution < -0.4 is 16.7 Å². The van der Waals surface area contributed by atoms with E-state index in [1.807, 2.05) is 48.5 Å². The quantitative estimate of drug-likeness (QED) is 0.386. The second-order valence-corrected chi connectivity index (χ2v) is 5.17. The maximum atomic E-state index is 12.4. The number of H-pyrrole nitrogens is 1. The van der Waals surface area contributed by atoms with Crippen molar-refractivity contribution in [2.45, 2.75) is 0 Å². The van der Waals surface area contributed by atoms with Crippen LogP contribution in [0, 0.1) is 0 Å². The van der Waals surface area contributed by atoms with E-state index in [-0.39, 0.29) is 16.4 Å². The summed E-state index contributed by atoms with van der Waals surface area (Å²) in [5.41, 5.74) is 10.2. The van der Waals surface area contributed by atoms with Crippen LogP contribution in [0.25, 0.3) is 11.0 Å². The number of para-hydroxylation sites is 2. The molecule has 0 amide bonds. The standard InChI is InChI=1S/C16H13N5OS/c17-16(23)21-20-13(10-6-2-1-3-7-10)14-15(22)19-12-9-5-4-8-11(12)18-14/h1-9H,(H,19,22)(H3,17,21,23)/b20-13+. The highest BCUT2D eigenvalue weighted by molar-refractivity contribution is 7.80. The van der Waals surface area contributed by atoms with Crippen molar-refractivity contribution in [1.82, 2.24) is 15.4 Å². The summed E-state index contributed by atoms with van der Waals surface area (Å²) in [6.45, 7) is 0. The molecule has 1 heterocycles. The average molecular weight is 323 g/mol. The normalized spacial score (nSPS) is 11.4. The highest BCUT2D eigenvalue weighted by atomic mass is 32.1. The van der Waals surface area contributed by atoms with Crippen LogP contribution >= 0.6 is 12.2 Å². The van der Waals surface area contributed by atoms with E-state index in [1.165, 1.54) is 0 Å². The molecule has 4 N–H and O–H groups in total. The van der Waals surface area contributed by atoms with Crippen molar-refractivity contribution in [1.29, 1.82) is 0 Å². The van der Waals surface area contributed by atoms with Gasteiger partial charge in [0.15, 0.2) is 10.8 Å². The van der Waals surface area contributed by atoms with Gasteiger partial charge in [0.1, 0.15) is 5.71 Å². The van der Waals surface area contributed by atoms with Crippen LogP contribution in [-0.2, 0) is 0 Å². The Hall–Kier alpha value is -3.06. The molecule has 0 bridgehead atoms. The van der Waals surface area contributed by atoms with E-state index in [9.17, 15) is 4.79 Å². The fourth-order valence-corrected chi connectivity index (χ4v) is 2.20. The Morgan fingerprint density at radius 1 is 1.13 bits per heavy atom. The van der Waals surface area contributed by atoms with Crippen molar-refractivity contribution in [3.63, 3.8) is 0 Å². The molecule has 0 aliphatic heterocycles. The molecular formula is C16H13N5OS. The first-order valence-electron chi connectivity index (χ1n) is 6.83. The van der Waals surface area contributed by atoms with Gasteiger partial charge in [-0.3, -0.25) is 10.2 Å². The van der Waals surface area contributed by atoms with Gasteiger partial charge in [-0.2, -0.15) is 5.10 Å². The van der Waals surface area contributed by atoms with Crippen molar-refractivity contribution in [3.05, 3.63) is 76.2 Å². The molecular weight excluding hydrogens is 310 g/mol. The minimum Gasteiger partial charge on any atom is -0.375 e. The molecule has 6 nitrogen and oxygen atoms in total. The highest BCUT2D eigenvalue weighted by Crippen LogP contribution is 2.10. The zero-order chi connectivity index (χ0) is 16.2. The number of nitrogens with zero attached hydrogens (tertiary/aromatic N) is 2. The summed E-state index contributed by atoms with van der Waals surface area (Å²) in [6, 6.07) is 16.5. The Labute approximate surface area is 137 Å². The first-order valence-corrected chi connectivity index (χ1v) is 7.24. The van der Waals surface area contributed by atoms with E-state index in [0.29, 0.717) is 16.7 Å². The molecule has 114 valence electrons. The fourth-order valence-electron chi connectivity index (χ4n) is 2.15. The third-order valence-corrected chi connectivity index (χ3v) is 3.24. The van der Waals surface area contributed by atoms with Crippen molar-refractivity contribution in [3.8, 4) is 0 Å². The summed E-state index contributed by atoms with van der Waals surface area (Å²) >= 11 is 4.78. The van der Waals surface area contributed by atoms with E-state index >= 15 is 0 Å². The maximum absolute atomic E-state index is 12.4. The number of nitrogens with two attached hydrogens (primary N) is 1. The van der Waals surface area contributed by atoms with Crippen molar-refractivity contribution < 1.29 is 0 Å². The summed E-state index contributed by atoms with van der Waals surface area (Å²) in [6.07, 6.45) is 0. The number of fused-ring (bicyclic) bond motifs is 1. The average Bonchev–Trinajstić information content (AvgIpc) is 2.56. The Kier molecular flexibility index (Phi) is 4.11. The van der Waals surface area contributed by atoms with Crippen LogP contribution in [0.5, 0.6) is 0 Å². The SMILES string of the molecule is NC(=S)N/N=C(\c1ccccc1)c1nc2ccccc2[nH]c1=O. The van der Waals surface area contributed by atoms with E-state index in [4.69, 9.17) is 18.0 Å². The minimum absolute atomic E-state index is 0.00986. The number of aromatic amines is 1. The number of benzene rings is 2. The molecule has 7 heteroatoms. The molecule has 0 atom stereocenters. The number of aromatic nitrogens is 2. The maximum Gasteiger partial charge on any atom is 0.276 e. The summed E-state index contributed by atoms with van der Waals surface area (Å²) in [5, 5.41) is 4.16. The van der Waals surface area contributed by atoms with Gasteiger partial charge in [0.05, 0.1) is 11.0 Å². The van der Waals surface area contributed by atoms with Gasteiger partial charge in [-0.15, -0.1) is 0 Å². The number of hydrogen-bond acceptors (Lipinski definition) is 4. The predicted octanol–water partition coefficient (Wildman–Crippen LogP) is 1.51. The van der Waals surface area contributed by atoms with Crippen LogP contribution in [0.4, 0.5) is 0 Å². The molecule has 3 rings (SSSR count). The van der Waals surface area contributed by atoms with Crippen molar-refractivity contribution >= 4 is 34.1 Å². The van der Waals surface area contributed by atoms with Crippen LogP contribution in [0.2, 0.25) is 0 Å². The molecule has 0 aliphatic rings. The summed E-state index contributed by atoms with van der Waals surface area (Å²) < 4.78 is 0. The molecule has 0 radical (unpaired) electrons. The molecule has 0 fully saturated rings. The van der Waals surface area contributed by atoms with E-state index in [1.54, 1.807) is 6.07 Å². The molecule has 0 spiro atoms. The van der Waals surface area contributed by atoms with Gasteiger partial charge in [0.2, 0.25) is 0 Å². The second kappa shape index (κ2) is 6.37. The molecule has 0 aliphatic carbocycles. The molecule has 0 saturated carbocycles. The predicted molar refractivity (Wildman–Crippen MR) is 94.4 cm³/mol. The molecule has 2 aromatic carbocycles. The molecule has 3 aromatic rings. The largest absolute Gasteiger partial charge is 0.375 e. The molecule has 0 saturated heterocycles. The third-order valence-electron chi connectivity index (χ3n) is 3.15. The lowest BCUT2D eigenvalue weighted by Gasteiger charge is -2.07. The van der Waals surface area contributed by atoms with Crippen LogP contribution in [0.15, 0.2) is 64.5 Å². The highest BCUT2D eigenvalue weighted by Gasteiger charge is 2.14. The molecule has 0 unspecified atom stereocenters. The van der Waals surface area contributed by atoms with Crippen LogP contribution in [-0.4, -0.2) is 20.8 Å². The van der Waals surface area contributed by atoms with Gasteiger partial charge >= 0.3 is 0 Å². The number of hydrogen-bond donors (Lipinski definition) is 3. The van der Waals surface area contributed by atoms with Gasteiger partial charge in [-0.1, -0.05) is 42.5 Å². The number of nitrogens with one attached hydrogen (secondary N) is 2. The zero-order valence-corrected chi connectivity index (χ0v) is 12.8. The third kappa shape index (κ3) is 3.24. The summed E-state index contributed by atoms with van der Waals surface area (Å²) in [4.78, 5) is 19.6. The lowest BCUT2D eigenvalue weighted by molar-refractivity contribution is 1.02. The van der Waals surface area contributed by atoms with Gasteiger partial charge in [0, 0.05) is 5.56 Å². The lowest BCUT2D eigenvalue weighted by atomic mass is 10.1. The van der Waals surface area contributed by atoms with E-state index in [2.05, 4.69) is 20.5 Å². The zero-order valence-electron chi connectivity index (χ0n) is 12.0. The number of thiocarbonyl (C=S) groups is 1. The topological polar surface area (TPSA) is 96.2 Å². The Bertz CT molecular complexity index is 949. The monoisotopic (exact) mass is 323 g/mol. The Balaban J connectivity index is 2.21. The van der Waals surface area contributed by atoms with Gasteiger partial charge in [-0.25, -0.2) is 4.98 Å². The van der Waals surface area contributed by atoms with Crippen LogP contribution in [0.3, 0.4) is 0 Å². The first-order chi connectivity index (χ1) is 11.1. The lowest BCUT2D eigenvalue weighted by Crippen LogP contribution is -2.28. The molecule has 23 heavy (non-hydrogen) atoms. The summed E-state index contributed by atoms with van der Waals surface area (Å²) in [5.74, 6) is 0. The van der Waals surface area contributed by atoms with Crippen molar-refractivity contribution in [2.24, 2.45) is 10.8 Å². The van der Waals surface area contributed by atoms with Crippen LogP contribution in [0.1, 0.15) is 11.3 Å². The Morgan fingerprint density at radius 2 is 1.83 bits per heavy atom. The van der Waals surface area contributed by atoms with E-state index in [0.717, 1.165) is 5.56 Å². The number of rotatable bonds is 3. The smallest absolute Gasteiger partial charge is 0.276 e. The Morgan fingerprint density at radius 3 is 2.57 bits per heavy atom. The van der Waals surface area contributed by atoms with Gasteiger partial charge < -0.3 is 10.7 Å². The first kappa shape index (κ1) is 14.9. The minimum atomic E-state index is -0.337. The fraction of sp³-hybridized carbons (Fsp3) is 0. The molecule has 1 aromatic heterocycles. The van der Waals surface area contributed by atoms with Crippen molar-refractivity contribution in [2.75, 3.05) is 0 Å². The van der Waals surface area contributed by atoms with Gasteiger partial charge in [0.25, 0.3) is 5.56 Å². The van der Waals surface area contributed by atoms with Gasteiger partial charge in [-0.05, 0) is 24.4 Å². The number of hydrazone groups is 1. The summed E-state index contributed by atoms with van der Waals surface area (Å²) in [7, 11) is 0. The van der Waals surface area contributed by atoms with E-state index < -0.39 is 0 Å².